The van der Waals surface area contributed by atoms with Crippen LogP contribution in [0.2, 0.25) is 0 Å². The van der Waals surface area contributed by atoms with Crippen LogP contribution >= 0.6 is 12.4 Å². The Morgan fingerprint density at radius 2 is 2.14 bits per heavy atom. The average molecular weight is 312 g/mol. The number of hydrogen-bond donors (Lipinski definition) is 3. The molecule has 5 nitrogen and oxygen atoms in total. The summed E-state index contributed by atoms with van der Waals surface area (Å²) < 4.78 is 0. The molecule has 4 N–H and O–H groups in total. The molecule has 1 heterocycles. The molecule has 21 heavy (non-hydrogen) atoms. The van der Waals surface area contributed by atoms with E-state index in [2.05, 4.69) is 10.6 Å². The number of amides is 2. The minimum absolute atomic E-state index is 0. The zero-order valence-corrected chi connectivity index (χ0v) is 13.1. The van der Waals surface area contributed by atoms with Crippen molar-refractivity contribution in [3.8, 4) is 0 Å². The number of fused-ring (bicyclic) bond motifs is 1. The fourth-order valence-corrected chi connectivity index (χ4v) is 2.20. The van der Waals surface area contributed by atoms with E-state index in [1.165, 1.54) is 0 Å². The number of anilines is 2. The maximum absolute atomic E-state index is 12.0. The molecular formula is C15H22ClN3O2. The molecule has 0 saturated carbocycles. The first-order valence-corrected chi connectivity index (χ1v) is 7.00. The van der Waals surface area contributed by atoms with Crippen LogP contribution in [0.15, 0.2) is 18.2 Å². The van der Waals surface area contributed by atoms with Crippen LogP contribution in [0.4, 0.5) is 11.4 Å². The Bertz CT molecular complexity index is 534. The minimum Gasteiger partial charge on any atom is -0.326 e. The number of hydrogen-bond acceptors (Lipinski definition) is 3. The second kappa shape index (κ2) is 7.43. The van der Waals surface area contributed by atoms with E-state index in [9.17, 15) is 9.59 Å². The molecule has 2 rings (SSSR count). The molecule has 1 aliphatic rings. The van der Waals surface area contributed by atoms with Gasteiger partial charge in [0.2, 0.25) is 11.8 Å². The lowest BCUT2D eigenvalue weighted by atomic mass is 9.99. The van der Waals surface area contributed by atoms with E-state index in [1.807, 2.05) is 26.0 Å². The number of benzene rings is 1. The third kappa shape index (κ3) is 4.19. The van der Waals surface area contributed by atoms with E-state index >= 15 is 0 Å². The summed E-state index contributed by atoms with van der Waals surface area (Å²) in [6, 6.07) is 4.99. The first-order chi connectivity index (χ1) is 9.51. The normalized spacial score (nSPS) is 16.0. The minimum atomic E-state index is -0.504. The Balaban J connectivity index is 0.00000220. The lowest BCUT2D eigenvalue weighted by Gasteiger charge is -2.20. The molecule has 0 saturated heterocycles. The number of aryl methyl sites for hydroxylation is 1. The van der Waals surface area contributed by atoms with Crippen LogP contribution in [0.25, 0.3) is 0 Å². The summed E-state index contributed by atoms with van der Waals surface area (Å²) in [5.41, 5.74) is 8.50. The summed E-state index contributed by atoms with van der Waals surface area (Å²) in [6.45, 7) is 3.98. The van der Waals surface area contributed by atoms with Crippen molar-refractivity contribution in [1.82, 2.24) is 0 Å². The molecule has 1 aromatic carbocycles. The van der Waals surface area contributed by atoms with Crippen LogP contribution in [-0.2, 0) is 16.0 Å². The number of rotatable bonds is 4. The molecule has 0 fully saturated rings. The lowest BCUT2D eigenvalue weighted by Crippen LogP contribution is -2.40. The summed E-state index contributed by atoms with van der Waals surface area (Å²) in [7, 11) is 0. The van der Waals surface area contributed by atoms with Crippen LogP contribution in [0.1, 0.15) is 32.3 Å². The van der Waals surface area contributed by atoms with E-state index in [0.29, 0.717) is 12.8 Å². The number of halogens is 1. The predicted octanol–water partition coefficient (Wildman–Crippen LogP) is 2.31. The Morgan fingerprint density at radius 3 is 2.81 bits per heavy atom. The summed E-state index contributed by atoms with van der Waals surface area (Å²) >= 11 is 0. The highest BCUT2D eigenvalue weighted by Crippen LogP contribution is 2.25. The highest BCUT2D eigenvalue weighted by atomic mass is 35.5. The summed E-state index contributed by atoms with van der Waals surface area (Å²) in [4.78, 5) is 23.3. The van der Waals surface area contributed by atoms with E-state index in [4.69, 9.17) is 5.73 Å². The van der Waals surface area contributed by atoms with Crippen molar-refractivity contribution >= 4 is 35.6 Å². The van der Waals surface area contributed by atoms with Crippen LogP contribution in [-0.4, -0.2) is 17.9 Å². The smallest absolute Gasteiger partial charge is 0.241 e. The molecule has 2 amide bonds. The van der Waals surface area contributed by atoms with Crippen LogP contribution in [0, 0.1) is 5.92 Å². The highest BCUT2D eigenvalue weighted by molar-refractivity contribution is 5.97. The molecule has 0 bridgehead atoms. The summed E-state index contributed by atoms with van der Waals surface area (Å²) in [6.07, 6.45) is 2.05. The number of nitrogens with one attached hydrogen (secondary N) is 2. The van der Waals surface area contributed by atoms with Gasteiger partial charge in [-0.15, -0.1) is 12.4 Å². The van der Waals surface area contributed by atoms with E-state index in [1.54, 1.807) is 6.07 Å². The highest BCUT2D eigenvalue weighted by Gasteiger charge is 2.20. The van der Waals surface area contributed by atoms with E-state index in [0.717, 1.165) is 23.4 Å². The first kappa shape index (κ1) is 17.5. The molecule has 116 valence electrons. The zero-order valence-electron chi connectivity index (χ0n) is 12.3. The van der Waals surface area contributed by atoms with Crippen LogP contribution in [0.3, 0.4) is 0 Å². The maximum Gasteiger partial charge on any atom is 0.241 e. The van der Waals surface area contributed by atoms with E-state index < -0.39 is 6.04 Å². The average Bonchev–Trinajstić information content (AvgIpc) is 2.45. The van der Waals surface area contributed by atoms with Crippen LogP contribution in [0.5, 0.6) is 0 Å². The van der Waals surface area contributed by atoms with E-state index in [-0.39, 0.29) is 30.1 Å². The largest absolute Gasteiger partial charge is 0.326 e. The van der Waals surface area contributed by atoms with Crippen molar-refractivity contribution in [1.29, 1.82) is 0 Å². The predicted molar refractivity (Wildman–Crippen MR) is 86.7 cm³/mol. The Morgan fingerprint density at radius 1 is 1.43 bits per heavy atom. The molecule has 1 aliphatic heterocycles. The number of nitrogens with two attached hydrogens (primary N) is 1. The third-order valence-corrected chi connectivity index (χ3v) is 3.83. The molecule has 2 unspecified atom stereocenters. The van der Waals surface area contributed by atoms with Gasteiger partial charge in [0, 0.05) is 17.8 Å². The third-order valence-electron chi connectivity index (χ3n) is 3.83. The van der Waals surface area contributed by atoms with Crippen molar-refractivity contribution < 1.29 is 9.59 Å². The Labute approximate surface area is 131 Å². The Kier molecular flexibility index (Phi) is 6.18. The quantitative estimate of drug-likeness (QED) is 0.797. The topological polar surface area (TPSA) is 84.2 Å². The van der Waals surface area contributed by atoms with Gasteiger partial charge in [0.05, 0.1) is 6.04 Å². The molecule has 0 radical (unpaired) electrons. The van der Waals surface area contributed by atoms with Crippen molar-refractivity contribution in [3.63, 3.8) is 0 Å². The fourth-order valence-electron chi connectivity index (χ4n) is 2.20. The Hall–Kier alpha value is -1.59. The van der Waals surface area contributed by atoms with Gasteiger partial charge in [-0.1, -0.05) is 20.3 Å². The zero-order chi connectivity index (χ0) is 14.7. The van der Waals surface area contributed by atoms with Gasteiger partial charge >= 0.3 is 0 Å². The first-order valence-electron chi connectivity index (χ1n) is 7.00. The second-order valence-corrected chi connectivity index (χ2v) is 5.32. The van der Waals surface area contributed by atoms with Gasteiger partial charge in [0.1, 0.15) is 0 Å². The van der Waals surface area contributed by atoms with Crippen molar-refractivity contribution in [2.24, 2.45) is 11.7 Å². The standard InChI is InChI=1S/C15H21N3O2.ClH/c1-3-9(2)14(16)15(20)17-11-5-6-12-10(8-11)4-7-13(19)18-12;/h5-6,8-9,14H,3-4,7,16H2,1-2H3,(H,17,20)(H,18,19);1H. The van der Waals surface area contributed by atoms with Gasteiger partial charge in [0.15, 0.2) is 0 Å². The molecular weight excluding hydrogens is 290 g/mol. The van der Waals surface area contributed by atoms with Crippen molar-refractivity contribution in [2.75, 3.05) is 10.6 Å². The van der Waals surface area contributed by atoms with Crippen molar-refractivity contribution in [3.05, 3.63) is 23.8 Å². The van der Waals surface area contributed by atoms with Gasteiger partial charge in [-0.25, -0.2) is 0 Å². The number of carbonyl (C=O) groups excluding carboxylic acids is 2. The molecule has 2 atom stereocenters. The molecule has 0 aliphatic carbocycles. The van der Waals surface area contributed by atoms with Crippen LogP contribution < -0.4 is 16.4 Å². The van der Waals surface area contributed by atoms with Gasteiger partial charge in [-0.3, -0.25) is 9.59 Å². The maximum atomic E-state index is 12.0. The number of carbonyl (C=O) groups is 2. The van der Waals surface area contributed by atoms with Crippen molar-refractivity contribution in [2.45, 2.75) is 39.2 Å². The molecule has 1 aromatic rings. The van der Waals surface area contributed by atoms with Gasteiger partial charge < -0.3 is 16.4 Å². The summed E-state index contributed by atoms with van der Waals surface area (Å²) in [5, 5.41) is 5.66. The van der Waals surface area contributed by atoms with Gasteiger partial charge in [-0.05, 0) is 36.1 Å². The SMILES string of the molecule is CCC(C)C(N)C(=O)Nc1ccc2c(c1)CCC(=O)N2.Cl. The monoisotopic (exact) mass is 311 g/mol. The van der Waals surface area contributed by atoms with Gasteiger partial charge in [-0.2, -0.15) is 0 Å². The molecule has 0 spiro atoms. The summed E-state index contributed by atoms with van der Waals surface area (Å²) in [5.74, 6) is 0.0131. The molecule has 0 aromatic heterocycles. The lowest BCUT2D eigenvalue weighted by molar-refractivity contribution is -0.118. The molecule has 6 heteroatoms. The van der Waals surface area contributed by atoms with Gasteiger partial charge in [0.25, 0.3) is 0 Å². The fraction of sp³-hybridized carbons (Fsp3) is 0.467. The second-order valence-electron chi connectivity index (χ2n) is 5.32.